The van der Waals surface area contributed by atoms with Crippen LogP contribution in [-0.4, -0.2) is 20.4 Å². The first kappa shape index (κ1) is 11.3. The second-order valence-electron chi connectivity index (χ2n) is 3.38. The van der Waals surface area contributed by atoms with Gasteiger partial charge in [-0.1, -0.05) is 0 Å². The normalized spacial score (nSPS) is 10.2. The molecule has 0 radical (unpaired) electrons. The molecule has 88 valence electrons. The molecule has 0 amide bonds. The van der Waals surface area contributed by atoms with E-state index in [1.165, 1.54) is 17.6 Å². The Morgan fingerprint density at radius 1 is 1.53 bits per heavy atom. The van der Waals surface area contributed by atoms with Crippen molar-refractivity contribution in [1.29, 1.82) is 0 Å². The Labute approximate surface area is 101 Å². The van der Waals surface area contributed by atoms with Gasteiger partial charge in [-0.15, -0.1) is 0 Å². The summed E-state index contributed by atoms with van der Waals surface area (Å²) in [7, 11) is 0. The van der Waals surface area contributed by atoms with Crippen molar-refractivity contribution in [3.63, 3.8) is 0 Å². The molecule has 17 heavy (non-hydrogen) atoms. The summed E-state index contributed by atoms with van der Waals surface area (Å²) >= 11 is 1.21. The molecule has 1 aromatic carbocycles. The summed E-state index contributed by atoms with van der Waals surface area (Å²) in [6.45, 7) is 1.79. The molecule has 0 bridgehead atoms. The fraction of sp³-hybridized carbons (Fsp3) is 0.100. The lowest BCUT2D eigenvalue weighted by molar-refractivity contribution is 0.0698. The number of aromatic carboxylic acids is 1. The second-order valence-corrected chi connectivity index (χ2v) is 4.13. The van der Waals surface area contributed by atoms with Gasteiger partial charge in [0, 0.05) is 22.9 Å². The second kappa shape index (κ2) is 4.38. The zero-order chi connectivity index (χ0) is 12.4. The number of hydrogen-bond donors (Lipinski definition) is 3. The Hall–Kier alpha value is -2.15. The van der Waals surface area contributed by atoms with Gasteiger partial charge in [0.1, 0.15) is 5.82 Å². The first-order valence-corrected chi connectivity index (χ1v) is 5.54. The predicted octanol–water partition coefficient (Wildman–Crippen LogP) is 1.87. The summed E-state index contributed by atoms with van der Waals surface area (Å²) < 4.78 is 4.01. The highest BCUT2D eigenvalue weighted by atomic mass is 32.1. The Morgan fingerprint density at radius 3 is 2.88 bits per heavy atom. The molecular formula is C10H10N4O2S. The Morgan fingerprint density at radius 2 is 2.29 bits per heavy atom. The van der Waals surface area contributed by atoms with Crippen LogP contribution in [0.1, 0.15) is 16.2 Å². The highest BCUT2D eigenvalue weighted by Crippen LogP contribution is 2.22. The van der Waals surface area contributed by atoms with E-state index in [2.05, 4.69) is 14.7 Å². The molecule has 0 aliphatic heterocycles. The maximum Gasteiger partial charge on any atom is 0.337 e. The number of nitrogens with two attached hydrogens (primary N) is 1. The number of hydrogen-bond acceptors (Lipinski definition) is 6. The third kappa shape index (κ3) is 2.51. The lowest BCUT2D eigenvalue weighted by Gasteiger charge is -2.05. The van der Waals surface area contributed by atoms with Gasteiger partial charge in [0.25, 0.3) is 0 Å². The Kier molecular flexibility index (Phi) is 2.92. The monoisotopic (exact) mass is 250 g/mol. The van der Waals surface area contributed by atoms with Crippen LogP contribution in [0, 0.1) is 6.92 Å². The van der Waals surface area contributed by atoms with Crippen molar-refractivity contribution < 1.29 is 9.90 Å². The minimum Gasteiger partial charge on any atom is -0.478 e. The third-order valence-electron chi connectivity index (χ3n) is 2.06. The van der Waals surface area contributed by atoms with Gasteiger partial charge in [-0.05, 0) is 25.1 Å². The van der Waals surface area contributed by atoms with Crippen LogP contribution >= 0.6 is 11.5 Å². The lowest BCUT2D eigenvalue weighted by Crippen LogP contribution is -2.03. The van der Waals surface area contributed by atoms with Crippen LogP contribution in [0.15, 0.2) is 18.2 Å². The van der Waals surface area contributed by atoms with Crippen LogP contribution < -0.4 is 11.1 Å². The number of nitrogens with one attached hydrogen (secondary N) is 1. The summed E-state index contributed by atoms with van der Waals surface area (Å²) in [5.74, 6) is -0.383. The molecule has 2 aromatic rings. The summed E-state index contributed by atoms with van der Waals surface area (Å²) in [5.41, 5.74) is 6.47. The zero-order valence-electron chi connectivity index (χ0n) is 8.97. The van der Waals surface area contributed by atoms with Gasteiger partial charge < -0.3 is 16.2 Å². The van der Waals surface area contributed by atoms with Crippen molar-refractivity contribution in [3.05, 3.63) is 29.6 Å². The number of nitrogens with zero attached hydrogens (tertiary/aromatic N) is 2. The molecule has 1 aromatic heterocycles. The average Bonchev–Trinajstić information content (AvgIpc) is 2.66. The van der Waals surface area contributed by atoms with Gasteiger partial charge in [0.15, 0.2) is 0 Å². The largest absolute Gasteiger partial charge is 0.478 e. The molecule has 1 heterocycles. The minimum atomic E-state index is -1.06. The highest BCUT2D eigenvalue weighted by Gasteiger charge is 2.09. The summed E-state index contributed by atoms with van der Waals surface area (Å²) in [6.07, 6.45) is 0. The van der Waals surface area contributed by atoms with Gasteiger partial charge in [0.05, 0.1) is 5.56 Å². The molecule has 0 aliphatic carbocycles. The standard InChI is InChI=1S/C10H10N4O2S/c1-5-12-10(17-14-5)13-6-2-3-8(11)7(4-6)9(15)16/h2-4H,11H2,1H3,(H,15,16)(H,12,13,14). The number of aryl methyl sites for hydroxylation is 1. The van der Waals surface area contributed by atoms with E-state index in [1.807, 2.05) is 0 Å². The van der Waals surface area contributed by atoms with E-state index in [9.17, 15) is 4.79 Å². The number of carboxylic acids is 1. The highest BCUT2D eigenvalue weighted by molar-refractivity contribution is 7.09. The van der Waals surface area contributed by atoms with E-state index in [0.717, 1.165) is 0 Å². The molecule has 0 aliphatic rings. The van der Waals surface area contributed by atoms with Crippen molar-refractivity contribution in [1.82, 2.24) is 9.36 Å². The quantitative estimate of drug-likeness (QED) is 0.719. The fourth-order valence-corrected chi connectivity index (χ4v) is 1.89. The molecular weight excluding hydrogens is 240 g/mol. The predicted molar refractivity (Wildman–Crippen MR) is 65.7 cm³/mol. The van der Waals surface area contributed by atoms with Gasteiger partial charge in [0.2, 0.25) is 5.13 Å². The van der Waals surface area contributed by atoms with E-state index < -0.39 is 5.97 Å². The number of nitrogen functional groups attached to an aromatic ring is 1. The van der Waals surface area contributed by atoms with E-state index in [-0.39, 0.29) is 11.3 Å². The average molecular weight is 250 g/mol. The van der Waals surface area contributed by atoms with Gasteiger partial charge in [-0.25, -0.2) is 9.78 Å². The molecule has 0 saturated carbocycles. The molecule has 0 unspecified atom stereocenters. The van der Waals surface area contributed by atoms with Crippen molar-refractivity contribution in [2.45, 2.75) is 6.92 Å². The summed E-state index contributed by atoms with van der Waals surface area (Å²) in [4.78, 5) is 15.0. The van der Waals surface area contributed by atoms with Crippen LogP contribution in [0.4, 0.5) is 16.5 Å². The number of carboxylic acid groups (broad SMARTS) is 1. The van der Waals surface area contributed by atoms with Crippen molar-refractivity contribution in [2.75, 3.05) is 11.1 Å². The van der Waals surface area contributed by atoms with Gasteiger partial charge in [-0.2, -0.15) is 4.37 Å². The smallest absolute Gasteiger partial charge is 0.337 e. The van der Waals surface area contributed by atoms with Crippen molar-refractivity contribution >= 4 is 34.0 Å². The number of carbonyl (C=O) groups is 1. The van der Waals surface area contributed by atoms with E-state index in [4.69, 9.17) is 10.8 Å². The molecule has 0 fully saturated rings. The van der Waals surface area contributed by atoms with Crippen molar-refractivity contribution in [2.24, 2.45) is 0 Å². The van der Waals surface area contributed by atoms with Crippen LogP contribution in [-0.2, 0) is 0 Å². The van der Waals surface area contributed by atoms with E-state index in [1.54, 1.807) is 19.1 Å². The number of rotatable bonds is 3. The molecule has 7 heteroatoms. The van der Waals surface area contributed by atoms with Crippen LogP contribution in [0.5, 0.6) is 0 Å². The first-order valence-electron chi connectivity index (χ1n) is 4.76. The molecule has 2 rings (SSSR count). The number of aromatic nitrogens is 2. The SMILES string of the molecule is Cc1nsc(Nc2ccc(N)c(C(=O)O)c2)n1. The fourth-order valence-electron chi connectivity index (χ4n) is 1.29. The lowest BCUT2D eigenvalue weighted by atomic mass is 10.1. The maximum absolute atomic E-state index is 10.9. The molecule has 0 saturated heterocycles. The van der Waals surface area contributed by atoms with Crippen LogP contribution in [0.3, 0.4) is 0 Å². The third-order valence-corrected chi connectivity index (χ3v) is 2.78. The number of benzene rings is 1. The molecule has 0 spiro atoms. The molecule has 4 N–H and O–H groups in total. The minimum absolute atomic E-state index is 0.0660. The molecule has 0 atom stereocenters. The van der Waals surface area contributed by atoms with E-state index >= 15 is 0 Å². The summed E-state index contributed by atoms with van der Waals surface area (Å²) in [5, 5.41) is 12.5. The Bertz CT molecular complexity index is 567. The summed E-state index contributed by atoms with van der Waals surface area (Å²) in [6, 6.07) is 4.70. The van der Waals surface area contributed by atoms with Crippen LogP contribution in [0.2, 0.25) is 0 Å². The van der Waals surface area contributed by atoms with Crippen molar-refractivity contribution in [3.8, 4) is 0 Å². The van der Waals surface area contributed by atoms with Crippen LogP contribution in [0.25, 0.3) is 0 Å². The van der Waals surface area contributed by atoms with Gasteiger partial charge >= 0.3 is 5.97 Å². The molecule has 6 nitrogen and oxygen atoms in total. The first-order chi connectivity index (χ1) is 8.06. The van der Waals surface area contributed by atoms with E-state index in [0.29, 0.717) is 16.6 Å². The topological polar surface area (TPSA) is 101 Å². The van der Waals surface area contributed by atoms with Gasteiger partial charge in [-0.3, -0.25) is 0 Å². The Balaban J connectivity index is 2.28. The zero-order valence-corrected chi connectivity index (χ0v) is 9.78. The number of anilines is 3. The maximum atomic E-state index is 10.9.